The van der Waals surface area contributed by atoms with Gasteiger partial charge in [-0.15, -0.1) is 12.4 Å². The lowest BCUT2D eigenvalue weighted by molar-refractivity contribution is -0.139. The molecule has 14 heteroatoms. The lowest BCUT2D eigenvalue weighted by Crippen LogP contribution is -2.35. The highest BCUT2D eigenvalue weighted by Gasteiger charge is 2.34. The minimum Gasteiger partial charge on any atom is -0.491 e. The number of fused-ring (bicyclic) bond motifs is 1. The summed E-state index contributed by atoms with van der Waals surface area (Å²) >= 11 is 0. The number of alkyl halides is 3. The van der Waals surface area contributed by atoms with Gasteiger partial charge in [-0.25, -0.2) is 14.2 Å². The average molecular weight is 545 g/mol. The highest BCUT2D eigenvalue weighted by molar-refractivity contribution is 6.11. The van der Waals surface area contributed by atoms with Crippen molar-refractivity contribution in [3.63, 3.8) is 0 Å². The Morgan fingerprint density at radius 1 is 1.19 bits per heavy atom. The Morgan fingerprint density at radius 3 is 2.57 bits per heavy atom. The number of nitrogens with zero attached hydrogens (tertiary/aromatic N) is 4. The first-order chi connectivity index (χ1) is 17.0. The van der Waals surface area contributed by atoms with Crippen LogP contribution < -0.4 is 15.4 Å². The molecule has 2 aromatic heterocycles. The zero-order valence-electron chi connectivity index (χ0n) is 20.0. The number of aromatic nitrogens is 3. The first-order valence-electron chi connectivity index (χ1n) is 11.2. The van der Waals surface area contributed by atoms with E-state index in [9.17, 15) is 27.2 Å². The fraction of sp³-hybridized carbons (Fsp3) is 0.391. The van der Waals surface area contributed by atoms with Crippen LogP contribution in [0.25, 0.3) is 11.0 Å². The third-order valence-corrected chi connectivity index (χ3v) is 5.83. The van der Waals surface area contributed by atoms with E-state index in [0.717, 1.165) is 32.0 Å². The fourth-order valence-electron chi connectivity index (χ4n) is 4.13. The van der Waals surface area contributed by atoms with Crippen molar-refractivity contribution in [3.05, 3.63) is 47.0 Å². The van der Waals surface area contributed by atoms with Crippen LogP contribution in [-0.2, 0) is 13.2 Å². The molecule has 2 N–H and O–H groups in total. The second-order valence-electron chi connectivity index (χ2n) is 8.41. The highest BCUT2D eigenvalue weighted by Crippen LogP contribution is 2.33. The monoisotopic (exact) mass is 544 g/mol. The maximum absolute atomic E-state index is 13.5. The first kappa shape index (κ1) is 28.1. The van der Waals surface area contributed by atoms with Crippen LogP contribution in [0.3, 0.4) is 0 Å². The van der Waals surface area contributed by atoms with Crippen LogP contribution in [0.2, 0.25) is 0 Å². The Kier molecular flexibility index (Phi) is 8.59. The van der Waals surface area contributed by atoms with Gasteiger partial charge in [0.1, 0.15) is 23.7 Å². The Bertz CT molecular complexity index is 1310. The van der Waals surface area contributed by atoms with Gasteiger partial charge in [0.2, 0.25) is 0 Å². The molecular weight excluding hydrogens is 520 g/mol. The van der Waals surface area contributed by atoms with Crippen molar-refractivity contribution in [3.8, 4) is 5.75 Å². The minimum absolute atomic E-state index is 0. The Balaban J connectivity index is 0.00000380. The largest absolute Gasteiger partial charge is 0.491 e. The van der Waals surface area contributed by atoms with E-state index >= 15 is 0 Å². The van der Waals surface area contributed by atoms with Gasteiger partial charge in [-0.05, 0) is 51.1 Å². The maximum atomic E-state index is 13.5. The Morgan fingerprint density at radius 2 is 1.89 bits per heavy atom. The number of aryl methyl sites for hydroxylation is 2. The van der Waals surface area contributed by atoms with Gasteiger partial charge in [-0.2, -0.15) is 18.3 Å². The second-order valence-corrected chi connectivity index (χ2v) is 8.41. The number of ether oxygens (including phenoxy) is 1. The van der Waals surface area contributed by atoms with Crippen LogP contribution in [0.5, 0.6) is 5.75 Å². The topological polar surface area (TPSA) is 101 Å². The molecule has 3 amide bonds. The maximum Gasteiger partial charge on any atom is 0.419 e. The summed E-state index contributed by atoms with van der Waals surface area (Å²) in [6.45, 7) is 4.60. The Hall–Kier alpha value is -3.45. The van der Waals surface area contributed by atoms with E-state index in [0.29, 0.717) is 35.4 Å². The van der Waals surface area contributed by atoms with Gasteiger partial charge in [-0.1, -0.05) is 0 Å². The number of urea groups is 1. The number of pyridine rings is 1. The van der Waals surface area contributed by atoms with Crippen molar-refractivity contribution in [2.75, 3.05) is 31.6 Å². The predicted octanol–water partition coefficient (Wildman–Crippen LogP) is 4.29. The lowest BCUT2D eigenvalue weighted by Gasteiger charge is -2.17. The summed E-state index contributed by atoms with van der Waals surface area (Å²) in [6.07, 6.45) is -1.47. The van der Waals surface area contributed by atoms with Gasteiger partial charge < -0.3 is 10.1 Å². The summed E-state index contributed by atoms with van der Waals surface area (Å²) in [4.78, 5) is 31.8. The predicted molar refractivity (Wildman–Crippen MR) is 130 cm³/mol. The lowest BCUT2D eigenvalue weighted by atomic mass is 10.1. The molecule has 1 fully saturated rings. The van der Waals surface area contributed by atoms with E-state index in [1.807, 2.05) is 0 Å². The number of halogens is 5. The molecular formula is C23H25ClF4N6O3. The number of amides is 3. The number of hydrogen-bond acceptors (Lipinski definition) is 6. The summed E-state index contributed by atoms with van der Waals surface area (Å²) in [5.74, 6) is -2.15. The van der Waals surface area contributed by atoms with Crippen molar-refractivity contribution < 1.29 is 31.9 Å². The molecule has 1 aromatic carbocycles. The van der Waals surface area contributed by atoms with Crippen molar-refractivity contribution in [2.24, 2.45) is 7.05 Å². The molecule has 3 heterocycles. The van der Waals surface area contributed by atoms with E-state index in [1.165, 1.54) is 6.20 Å². The smallest absolute Gasteiger partial charge is 0.419 e. The number of anilines is 1. The summed E-state index contributed by atoms with van der Waals surface area (Å²) in [6, 6.07) is 0.869. The van der Waals surface area contributed by atoms with Gasteiger partial charge in [0.25, 0.3) is 5.91 Å². The normalized spacial score (nSPS) is 13.9. The van der Waals surface area contributed by atoms with Gasteiger partial charge in [-0.3, -0.25) is 19.7 Å². The van der Waals surface area contributed by atoms with E-state index in [2.05, 4.69) is 25.6 Å². The number of likely N-dealkylation sites (tertiary alicyclic amines) is 1. The van der Waals surface area contributed by atoms with Gasteiger partial charge >= 0.3 is 12.2 Å². The third kappa shape index (κ3) is 6.28. The van der Waals surface area contributed by atoms with Crippen molar-refractivity contribution >= 4 is 41.1 Å². The average Bonchev–Trinajstić information content (AvgIpc) is 3.42. The second kappa shape index (κ2) is 11.3. The number of carbonyl (C=O) groups excluding carboxylic acids is 2. The minimum atomic E-state index is -4.95. The first-order valence-corrected chi connectivity index (χ1v) is 11.2. The molecule has 0 radical (unpaired) electrons. The van der Waals surface area contributed by atoms with Crippen LogP contribution in [0.4, 0.5) is 28.0 Å². The number of rotatable bonds is 6. The van der Waals surface area contributed by atoms with Gasteiger partial charge in [0, 0.05) is 25.5 Å². The fourth-order valence-corrected chi connectivity index (χ4v) is 4.13. The summed E-state index contributed by atoms with van der Waals surface area (Å²) in [5, 5.41) is 9.00. The Labute approximate surface area is 215 Å². The molecule has 0 atom stereocenters. The standard InChI is InChI=1S/C23H24F4N6O3.ClH/c1-13-18-19(36-10-9-33-7-3-4-8-33)15(12-28-20(18)32(2)31-13)21(34)30-22(35)29-14-5-6-17(24)16(11-14)23(25,26)27;/h5-6,11-12H,3-4,7-10H2,1-2H3,(H2,29,30,34,35);1H. The van der Waals surface area contributed by atoms with Gasteiger partial charge in [0.05, 0.1) is 16.6 Å². The van der Waals surface area contributed by atoms with Crippen molar-refractivity contribution in [2.45, 2.75) is 25.9 Å². The number of nitrogens with one attached hydrogen (secondary N) is 2. The van der Waals surface area contributed by atoms with Crippen molar-refractivity contribution in [1.82, 2.24) is 25.0 Å². The molecule has 0 spiro atoms. The SMILES string of the molecule is Cc1nn(C)c2ncc(C(=O)NC(=O)Nc3ccc(F)c(C(F)(F)F)c3)c(OCCN3CCCC3)c12.Cl. The molecule has 4 rings (SSSR count). The number of hydrogen-bond donors (Lipinski definition) is 2. The molecule has 1 aliphatic rings. The zero-order chi connectivity index (χ0) is 26.0. The van der Waals surface area contributed by atoms with E-state index in [1.54, 1.807) is 18.7 Å². The molecule has 3 aromatic rings. The van der Waals surface area contributed by atoms with Gasteiger partial charge in [0.15, 0.2) is 5.65 Å². The molecule has 1 aliphatic heterocycles. The van der Waals surface area contributed by atoms with Crippen LogP contribution in [0.1, 0.15) is 34.5 Å². The number of imide groups is 1. The van der Waals surface area contributed by atoms with Crippen molar-refractivity contribution in [1.29, 1.82) is 0 Å². The number of carbonyl (C=O) groups is 2. The van der Waals surface area contributed by atoms with E-state index in [-0.39, 0.29) is 36.0 Å². The summed E-state index contributed by atoms with van der Waals surface area (Å²) in [7, 11) is 1.70. The highest BCUT2D eigenvalue weighted by atomic mass is 35.5. The molecule has 0 bridgehead atoms. The van der Waals surface area contributed by atoms with Crippen LogP contribution in [-0.4, -0.2) is 57.8 Å². The molecule has 0 aliphatic carbocycles. The van der Waals surface area contributed by atoms with E-state index < -0.39 is 29.5 Å². The van der Waals surface area contributed by atoms with E-state index in [4.69, 9.17) is 4.74 Å². The van der Waals surface area contributed by atoms with Crippen LogP contribution in [0.15, 0.2) is 24.4 Å². The molecule has 37 heavy (non-hydrogen) atoms. The molecule has 1 saturated heterocycles. The summed E-state index contributed by atoms with van der Waals surface area (Å²) in [5.41, 5.74) is -0.864. The quantitative estimate of drug-likeness (QED) is 0.449. The number of benzene rings is 1. The molecule has 200 valence electrons. The molecule has 0 unspecified atom stereocenters. The molecule has 0 saturated carbocycles. The zero-order valence-corrected chi connectivity index (χ0v) is 20.8. The summed E-state index contributed by atoms with van der Waals surface area (Å²) < 4.78 is 59.9. The van der Waals surface area contributed by atoms with Crippen LogP contribution >= 0.6 is 12.4 Å². The van der Waals surface area contributed by atoms with Crippen LogP contribution in [0, 0.1) is 12.7 Å². The molecule has 9 nitrogen and oxygen atoms in total. The third-order valence-electron chi connectivity index (χ3n) is 5.83.